The molecule has 2 aromatic rings. The van der Waals surface area contributed by atoms with E-state index in [1.807, 2.05) is 0 Å². The van der Waals surface area contributed by atoms with Gasteiger partial charge in [-0.25, -0.2) is 4.79 Å². The van der Waals surface area contributed by atoms with Crippen LogP contribution in [0.4, 0.5) is 21.9 Å². The standard InChI is InChI=1S/C19H19N3O5/c1-3-26-19(25)21-13-6-4-5-12(9-13)18(24)20-14-7-8-16-15(10-14)22-17(23)11(2)27-16/h4-11H,3H2,1-2H3,(H,20,24)(H,21,25)(H,22,23)/t11-/m1/s1. The monoisotopic (exact) mass is 369 g/mol. The van der Waals surface area contributed by atoms with Crippen LogP contribution in [0.3, 0.4) is 0 Å². The number of nitrogens with one attached hydrogen (secondary N) is 3. The number of carbonyl (C=O) groups is 3. The number of anilines is 3. The number of hydrogen-bond acceptors (Lipinski definition) is 5. The van der Waals surface area contributed by atoms with Gasteiger partial charge >= 0.3 is 6.09 Å². The minimum Gasteiger partial charge on any atom is -0.479 e. The fourth-order valence-electron chi connectivity index (χ4n) is 2.51. The van der Waals surface area contributed by atoms with E-state index in [-0.39, 0.29) is 18.4 Å². The van der Waals surface area contributed by atoms with Gasteiger partial charge in [0.2, 0.25) is 0 Å². The zero-order chi connectivity index (χ0) is 19.4. The summed E-state index contributed by atoms with van der Waals surface area (Å²) in [7, 11) is 0. The van der Waals surface area contributed by atoms with E-state index in [9.17, 15) is 14.4 Å². The zero-order valence-electron chi connectivity index (χ0n) is 14.9. The Morgan fingerprint density at radius 2 is 1.93 bits per heavy atom. The van der Waals surface area contributed by atoms with E-state index in [1.54, 1.807) is 50.2 Å². The van der Waals surface area contributed by atoms with Crippen LogP contribution >= 0.6 is 0 Å². The number of ether oxygens (including phenoxy) is 2. The molecule has 3 amide bonds. The summed E-state index contributed by atoms with van der Waals surface area (Å²) in [6.07, 6.45) is -1.15. The van der Waals surface area contributed by atoms with Gasteiger partial charge in [0.15, 0.2) is 6.10 Å². The molecule has 0 bridgehead atoms. The van der Waals surface area contributed by atoms with Gasteiger partial charge in [0, 0.05) is 16.9 Å². The summed E-state index contributed by atoms with van der Waals surface area (Å²) < 4.78 is 10.3. The first-order valence-corrected chi connectivity index (χ1v) is 8.43. The molecule has 3 N–H and O–H groups in total. The molecule has 0 saturated heterocycles. The summed E-state index contributed by atoms with van der Waals surface area (Å²) in [6.45, 7) is 3.62. The van der Waals surface area contributed by atoms with E-state index < -0.39 is 12.2 Å². The SMILES string of the molecule is CCOC(=O)Nc1cccc(C(=O)Nc2ccc3c(c2)NC(=O)[C@@H](C)O3)c1. The number of amides is 3. The van der Waals surface area contributed by atoms with Crippen LogP contribution in [0.2, 0.25) is 0 Å². The molecule has 0 fully saturated rings. The lowest BCUT2D eigenvalue weighted by Crippen LogP contribution is -2.34. The third kappa shape index (κ3) is 4.35. The van der Waals surface area contributed by atoms with Crippen molar-refractivity contribution in [2.24, 2.45) is 0 Å². The van der Waals surface area contributed by atoms with Gasteiger partial charge in [-0.3, -0.25) is 14.9 Å². The molecule has 0 unspecified atom stereocenters. The van der Waals surface area contributed by atoms with E-state index in [1.165, 1.54) is 6.07 Å². The van der Waals surface area contributed by atoms with Crippen molar-refractivity contribution in [3.05, 3.63) is 48.0 Å². The Bertz CT molecular complexity index is 897. The number of hydrogen-bond donors (Lipinski definition) is 3. The summed E-state index contributed by atoms with van der Waals surface area (Å²) >= 11 is 0. The van der Waals surface area contributed by atoms with E-state index >= 15 is 0 Å². The molecule has 0 radical (unpaired) electrons. The molecule has 0 saturated carbocycles. The number of fused-ring (bicyclic) bond motifs is 1. The van der Waals surface area contributed by atoms with Gasteiger partial charge in [-0.05, 0) is 50.2 Å². The largest absolute Gasteiger partial charge is 0.479 e. The van der Waals surface area contributed by atoms with Crippen molar-refractivity contribution in [1.82, 2.24) is 0 Å². The molecule has 0 aromatic heterocycles. The highest BCUT2D eigenvalue weighted by Gasteiger charge is 2.23. The minimum atomic E-state index is -0.588. The topological polar surface area (TPSA) is 106 Å². The molecule has 0 aliphatic carbocycles. The molecule has 1 aliphatic rings. The van der Waals surface area contributed by atoms with Crippen molar-refractivity contribution in [1.29, 1.82) is 0 Å². The molecule has 0 spiro atoms. The summed E-state index contributed by atoms with van der Waals surface area (Å²) in [5.41, 5.74) is 1.80. The fourth-order valence-corrected chi connectivity index (χ4v) is 2.51. The molecule has 27 heavy (non-hydrogen) atoms. The first kappa shape index (κ1) is 18.2. The molecular weight excluding hydrogens is 350 g/mol. The Kier molecular flexibility index (Phi) is 5.25. The first-order chi connectivity index (χ1) is 13.0. The van der Waals surface area contributed by atoms with Crippen LogP contribution in [0.25, 0.3) is 0 Å². The van der Waals surface area contributed by atoms with Crippen LogP contribution in [-0.2, 0) is 9.53 Å². The van der Waals surface area contributed by atoms with Crippen LogP contribution in [0.1, 0.15) is 24.2 Å². The van der Waals surface area contributed by atoms with Gasteiger partial charge in [0.25, 0.3) is 11.8 Å². The maximum Gasteiger partial charge on any atom is 0.411 e. The third-order valence-corrected chi connectivity index (χ3v) is 3.81. The van der Waals surface area contributed by atoms with Crippen LogP contribution in [0, 0.1) is 0 Å². The maximum absolute atomic E-state index is 12.5. The lowest BCUT2D eigenvalue weighted by molar-refractivity contribution is -0.122. The summed E-state index contributed by atoms with van der Waals surface area (Å²) in [4.78, 5) is 35.7. The number of carbonyl (C=O) groups excluding carboxylic acids is 3. The second-order valence-electron chi connectivity index (χ2n) is 5.84. The molecule has 1 aliphatic heterocycles. The van der Waals surface area contributed by atoms with Crippen molar-refractivity contribution in [2.75, 3.05) is 22.6 Å². The maximum atomic E-state index is 12.5. The van der Waals surface area contributed by atoms with E-state index in [4.69, 9.17) is 9.47 Å². The summed E-state index contributed by atoms with van der Waals surface area (Å²) in [5.74, 6) is -0.0664. The second-order valence-corrected chi connectivity index (χ2v) is 5.84. The van der Waals surface area contributed by atoms with Crippen LogP contribution in [0.15, 0.2) is 42.5 Å². The second kappa shape index (κ2) is 7.77. The Balaban J connectivity index is 1.71. The van der Waals surface area contributed by atoms with Crippen molar-refractivity contribution >= 4 is 35.0 Å². The van der Waals surface area contributed by atoms with Gasteiger partial charge in [-0.1, -0.05) is 6.07 Å². The Labute approximate surface area is 155 Å². The highest BCUT2D eigenvalue weighted by atomic mass is 16.5. The van der Waals surface area contributed by atoms with Gasteiger partial charge in [-0.2, -0.15) is 0 Å². The average molecular weight is 369 g/mol. The van der Waals surface area contributed by atoms with Crippen molar-refractivity contribution in [2.45, 2.75) is 20.0 Å². The molecular formula is C19H19N3O5. The first-order valence-electron chi connectivity index (χ1n) is 8.43. The van der Waals surface area contributed by atoms with Gasteiger partial charge < -0.3 is 20.1 Å². The Morgan fingerprint density at radius 3 is 2.70 bits per heavy atom. The minimum absolute atomic E-state index is 0.247. The molecule has 2 aromatic carbocycles. The third-order valence-electron chi connectivity index (χ3n) is 3.81. The Hall–Kier alpha value is -3.55. The van der Waals surface area contributed by atoms with Crippen molar-refractivity contribution in [3.8, 4) is 5.75 Å². The predicted octanol–water partition coefficient (Wildman–Crippen LogP) is 3.23. The summed E-state index contributed by atoms with van der Waals surface area (Å²) in [6, 6.07) is 11.5. The smallest absolute Gasteiger partial charge is 0.411 e. The van der Waals surface area contributed by atoms with Crippen molar-refractivity contribution < 1.29 is 23.9 Å². The molecule has 3 rings (SSSR count). The highest BCUT2D eigenvalue weighted by molar-refractivity contribution is 6.06. The molecule has 1 atom stereocenters. The average Bonchev–Trinajstić information content (AvgIpc) is 2.63. The highest BCUT2D eigenvalue weighted by Crippen LogP contribution is 2.32. The zero-order valence-corrected chi connectivity index (χ0v) is 14.9. The fraction of sp³-hybridized carbons (Fsp3) is 0.211. The molecule has 140 valence electrons. The predicted molar refractivity (Wildman–Crippen MR) is 100 cm³/mol. The lowest BCUT2D eigenvalue weighted by atomic mass is 10.1. The van der Waals surface area contributed by atoms with E-state index in [2.05, 4.69) is 16.0 Å². The van der Waals surface area contributed by atoms with Crippen LogP contribution in [0.5, 0.6) is 5.75 Å². The van der Waals surface area contributed by atoms with E-state index in [0.717, 1.165) is 0 Å². The van der Waals surface area contributed by atoms with Crippen LogP contribution < -0.4 is 20.7 Å². The number of rotatable bonds is 4. The molecule has 8 nitrogen and oxygen atoms in total. The van der Waals surface area contributed by atoms with Gasteiger partial charge in [0.1, 0.15) is 5.75 Å². The number of benzene rings is 2. The van der Waals surface area contributed by atoms with Gasteiger partial charge in [-0.15, -0.1) is 0 Å². The van der Waals surface area contributed by atoms with Gasteiger partial charge in [0.05, 0.1) is 12.3 Å². The van der Waals surface area contributed by atoms with E-state index in [0.29, 0.717) is 28.4 Å². The molecule has 8 heteroatoms. The lowest BCUT2D eigenvalue weighted by Gasteiger charge is -2.23. The van der Waals surface area contributed by atoms with Crippen LogP contribution in [-0.4, -0.2) is 30.6 Å². The molecule has 1 heterocycles. The van der Waals surface area contributed by atoms with Crippen molar-refractivity contribution in [3.63, 3.8) is 0 Å². The Morgan fingerprint density at radius 1 is 1.15 bits per heavy atom. The normalized spacial score (nSPS) is 15.0. The quantitative estimate of drug-likeness (QED) is 0.767. The summed E-state index contributed by atoms with van der Waals surface area (Å²) in [5, 5.41) is 8.03.